The second-order valence-electron chi connectivity index (χ2n) is 4.51. The fourth-order valence-corrected chi connectivity index (χ4v) is 3.07. The van der Waals surface area contributed by atoms with Crippen molar-refractivity contribution in [2.45, 2.75) is 11.0 Å². The molecule has 112 valence electrons. The maximum absolute atomic E-state index is 10.8. The molecule has 6 nitrogen and oxygen atoms in total. The summed E-state index contributed by atoms with van der Waals surface area (Å²) >= 11 is 1.52. The van der Waals surface area contributed by atoms with E-state index in [1.54, 1.807) is 12.1 Å². The first-order valence-corrected chi connectivity index (χ1v) is 8.53. The Kier molecular flexibility index (Phi) is 5.76. The average Bonchev–Trinajstić information content (AvgIpc) is 2.92. The number of hydrogen-bond acceptors (Lipinski definition) is 7. The Labute approximate surface area is 154 Å². The summed E-state index contributed by atoms with van der Waals surface area (Å²) in [7, 11) is -4.40. The third-order valence-electron chi connectivity index (χ3n) is 2.99. The van der Waals surface area contributed by atoms with Gasteiger partial charge in [0.1, 0.15) is 22.8 Å². The predicted octanol–water partition coefficient (Wildman–Crippen LogP) is -1.09. The standard InChI is InChI=1S/C13H13NO5S2.Na/c15-21(16,17)11-3-1-9(2-4-11)14-5-10-6-18-12-7-20-8-13(12)19-10;/h1-4,7-8,10,14H,5-6H2,(H,15,16,17);/q;+1/p-1. The molecule has 0 saturated carbocycles. The summed E-state index contributed by atoms with van der Waals surface area (Å²) in [6.45, 7) is 0.961. The molecule has 0 amide bonds. The average molecular weight is 349 g/mol. The summed E-state index contributed by atoms with van der Waals surface area (Å²) in [5.74, 6) is 1.51. The Balaban J connectivity index is 0.00000176. The monoisotopic (exact) mass is 349 g/mol. The Hall–Kier alpha value is -0.770. The van der Waals surface area contributed by atoms with Gasteiger partial charge in [-0.05, 0) is 24.3 Å². The van der Waals surface area contributed by atoms with E-state index in [1.165, 1.54) is 23.5 Å². The van der Waals surface area contributed by atoms with E-state index >= 15 is 0 Å². The number of benzene rings is 1. The minimum Gasteiger partial charge on any atom is -0.744 e. The van der Waals surface area contributed by atoms with Gasteiger partial charge in [-0.1, -0.05) is 0 Å². The zero-order valence-corrected chi connectivity index (χ0v) is 15.4. The second-order valence-corrected chi connectivity index (χ2v) is 6.63. The van der Waals surface area contributed by atoms with Crippen LogP contribution in [-0.2, 0) is 10.1 Å². The number of thiophene rings is 1. The molecule has 1 aromatic heterocycles. The molecule has 3 rings (SSSR count). The van der Waals surface area contributed by atoms with E-state index in [0.717, 1.165) is 11.5 Å². The van der Waals surface area contributed by atoms with Gasteiger partial charge in [0.15, 0.2) is 11.5 Å². The summed E-state index contributed by atoms with van der Waals surface area (Å²) in [5.41, 5.74) is 0.710. The van der Waals surface area contributed by atoms with Crippen LogP contribution in [0.1, 0.15) is 0 Å². The van der Waals surface area contributed by atoms with E-state index < -0.39 is 10.1 Å². The van der Waals surface area contributed by atoms with Crippen molar-refractivity contribution in [3.05, 3.63) is 35.0 Å². The van der Waals surface area contributed by atoms with Crippen LogP contribution in [0.5, 0.6) is 11.5 Å². The Bertz CT molecular complexity index is 729. The van der Waals surface area contributed by atoms with Crippen molar-refractivity contribution in [3.8, 4) is 11.5 Å². The molecule has 0 bridgehead atoms. The first-order chi connectivity index (χ1) is 10.0. The molecule has 0 aliphatic carbocycles. The third kappa shape index (κ3) is 4.15. The Morgan fingerprint density at radius 1 is 1.23 bits per heavy atom. The van der Waals surface area contributed by atoms with Crippen LogP contribution in [0.4, 0.5) is 5.69 Å². The molecule has 1 aromatic carbocycles. The third-order valence-corrected chi connectivity index (χ3v) is 4.54. The maximum atomic E-state index is 10.8. The minimum atomic E-state index is -4.40. The van der Waals surface area contributed by atoms with Crippen molar-refractivity contribution in [2.75, 3.05) is 18.5 Å². The van der Waals surface area contributed by atoms with Crippen LogP contribution in [-0.4, -0.2) is 32.2 Å². The van der Waals surface area contributed by atoms with Gasteiger partial charge in [-0.2, -0.15) is 0 Å². The van der Waals surface area contributed by atoms with Gasteiger partial charge in [-0.25, -0.2) is 8.42 Å². The van der Waals surface area contributed by atoms with Crippen LogP contribution in [0, 0.1) is 0 Å². The molecule has 1 aliphatic rings. The predicted molar refractivity (Wildman–Crippen MR) is 77.1 cm³/mol. The number of rotatable bonds is 4. The van der Waals surface area contributed by atoms with E-state index in [0.29, 0.717) is 18.8 Å². The van der Waals surface area contributed by atoms with Crippen molar-refractivity contribution in [2.24, 2.45) is 0 Å². The SMILES string of the molecule is O=S(=O)([O-])c1ccc(NCC2COc3cscc3O2)cc1.[Na+]. The molecular formula is C13H12NNaO5S2. The molecule has 1 aliphatic heterocycles. The van der Waals surface area contributed by atoms with Gasteiger partial charge in [0.05, 0.1) is 11.4 Å². The normalized spacial score (nSPS) is 16.7. The quantitative estimate of drug-likeness (QED) is 0.557. The number of nitrogens with one attached hydrogen (secondary N) is 1. The smallest absolute Gasteiger partial charge is 0.744 e. The maximum Gasteiger partial charge on any atom is 1.00 e. The molecule has 1 atom stereocenters. The van der Waals surface area contributed by atoms with E-state index in [9.17, 15) is 13.0 Å². The molecule has 1 unspecified atom stereocenters. The molecule has 9 heteroatoms. The number of anilines is 1. The van der Waals surface area contributed by atoms with Gasteiger partial charge in [0, 0.05) is 16.4 Å². The summed E-state index contributed by atoms with van der Waals surface area (Å²) < 4.78 is 43.8. The van der Waals surface area contributed by atoms with Crippen LogP contribution in [0.2, 0.25) is 0 Å². The largest absolute Gasteiger partial charge is 1.00 e. The summed E-state index contributed by atoms with van der Waals surface area (Å²) in [5, 5.41) is 6.89. The van der Waals surface area contributed by atoms with Gasteiger partial charge < -0.3 is 19.3 Å². The molecule has 22 heavy (non-hydrogen) atoms. The molecule has 0 fully saturated rings. The van der Waals surface area contributed by atoms with Crippen LogP contribution < -0.4 is 44.3 Å². The van der Waals surface area contributed by atoms with Gasteiger partial charge in [0.2, 0.25) is 0 Å². The molecule has 0 saturated heterocycles. The zero-order chi connectivity index (χ0) is 14.9. The molecule has 2 heterocycles. The molecule has 1 N–H and O–H groups in total. The topological polar surface area (TPSA) is 87.7 Å². The molecule has 2 aromatic rings. The Morgan fingerprint density at radius 3 is 2.59 bits per heavy atom. The van der Waals surface area contributed by atoms with E-state index in [2.05, 4.69) is 5.32 Å². The van der Waals surface area contributed by atoms with Gasteiger partial charge in [-0.3, -0.25) is 0 Å². The fourth-order valence-electron chi connectivity index (χ4n) is 1.93. The Morgan fingerprint density at radius 2 is 1.91 bits per heavy atom. The van der Waals surface area contributed by atoms with Gasteiger partial charge >= 0.3 is 29.6 Å². The second kappa shape index (κ2) is 7.20. The number of ether oxygens (including phenoxy) is 2. The van der Waals surface area contributed by atoms with Crippen molar-refractivity contribution in [1.29, 1.82) is 0 Å². The summed E-state index contributed by atoms with van der Waals surface area (Å²) in [6.07, 6.45) is -0.130. The van der Waals surface area contributed by atoms with Gasteiger partial charge in [-0.15, -0.1) is 11.3 Å². The molecule has 0 radical (unpaired) electrons. The first-order valence-electron chi connectivity index (χ1n) is 6.18. The summed E-state index contributed by atoms with van der Waals surface area (Å²) in [4.78, 5) is -0.242. The molecular weight excluding hydrogens is 337 g/mol. The molecule has 0 spiro atoms. The summed E-state index contributed by atoms with van der Waals surface area (Å²) in [6, 6.07) is 5.65. The van der Waals surface area contributed by atoms with Crippen molar-refractivity contribution in [1.82, 2.24) is 0 Å². The van der Waals surface area contributed by atoms with E-state index in [4.69, 9.17) is 9.47 Å². The van der Waals surface area contributed by atoms with Crippen LogP contribution in [0.3, 0.4) is 0 Å². The minimum absolute atomic E-state index is 0. The van der Waals surface area contributed by atoms with E-state index in [-0.39, 0.29) is 40.6 Å². The van der Waals surface area contributed by atoms with Crippen molar-refractivity contribution < 1.29 is 52.0 Å². The van der Waals surface area contributed by atoms with Crippen molar-refractivity contribution in [3.63, 3.8) is 0 Å². The number of hydrogen-bond donors (Lipinski definition) is 1. The van der Waals surface area contributed by atoms with Crippen LogP contribution >= 0.6 is 11.3 Å². The van der Waals surface area contributed by atoms with E-state index in [1.807, 2.05) is 10.8 Å². The van der Waals surface area contributed by atoms with Crippen LogP contribution in [0.25, 0.3) is 0 Å². The first kappa shape index (κ1) is 17.6. The fraction of sp³-hybridized carbons (Fsp3) is 0.231. The van der Waals surface area contributed by atoms with Crippen molar-refractivity contribution >= 4 is 27.1 Å². The van der Waals surface area contributed by atoms with Crippen LogP contribution in [0.15, 0.2) is 39.9 Å². The zero-order valence-electron chi connectivity index (χ0n) is 11.8. The van der Waals surface area contributed by atoms with Gasteiger partial charge in [0.25, 0.3) is 0 Å². The number of fused-ring (bicyclic) bond motifs is 1.